The molecule has 0 bridgehead atoms. The van der Waals surface area contributed by atoms with Crippen molar-refractivity contribution in [2.75, 3.05) is 19.0 Å². The number of methoxy groups -OCH3 is 1. The summed E-state index contributed by atoms with van der Waals surface area (Å²) in [6.07, 6.45) is 0. The maximum atomic E-state index is 11.9. The van der Waals surface area contributed by atoms with Crippen molar-refractivity contribution in [3.05, 3.63) is 54.1 Å². The molecule has 1 amide bonds. The maximum Gasteiger partial charge on any atom is 0.262 e. The Hall–Kier alpha value is -3.00. The van der Waals surface area contributed by atoms with Crippen LogP contribution in [0.4, 0.5) is 5.69 Å². The fourth-order valence-corrected chi connectivity index (χ4v) is 1.74. The van der Waals surface area contributed by atoms with E-state index in [0.29, 0.717) is 22.7 Å². The van der Waals surface area contributed by atoms with Crippen LogP contribution in [0.15, 0.2) is 48.5 Å². The minimum Gasteiger partial charge on any atom is -0.495 e. The van der Waals surface area contributed by atoms with Gasteiger partial charge in [0, 0.05) is 0 Å². The molecule has 0 aliphatic heterocycles. The zero-order valence-corrected chi connectivity index (χ0v) is 11.5. The number of hydrogen-bond donors (Lipinski definition) is 1. The molecule has 0 unspecified atom stereocenters. The van der Waals surface area contributed by atoms with Gasteiger partial charge in [-0.15, -0.1) is 0 Å². The highest BCUT2D eigenvalue weighted by Crippen LogP contribution is 2.22. The number of amides is 1. The van der Waals surface area contributed by atoms with Crippen LogP contribution in [0.25, 0.3) is 0 Å². The first-order chi connectivity index (χ1) is 10.2. The monoisotopic (exact) mass is 282 g/mol. The molecular weight excluding hydrogens is 268 g/mol. The molecule has 0 heterocycles. The maximum absolute atomic E-state index is 11.9. The molecule has 0 saturated heterocycles. The molecule has 0 spiro atoms. The summed E-state index contributed by atoms with van der Waals surface area (Å²) >= 11 is 0. The Balaban J connectivity index is 1.94. The number of nitrogens with zero attached hydrogens (tertiary/aromatic N) is 1. The van der Waals surface area contributed by atoms with Crippen molar-refractivity contribution in [3.63, 3.8) is 0 Å². The standard InChI is InChI=1S/C16H14N2O3/c1-20-15-8-3-2-7-14(15)18-16(19)11-21-13-6-4-5-12(9-13)10-17/h2-9H,11H2,1H3,(H,18,19). The van der Waals surface area contributed by atoms with Gasteiger partial charge in [0.25, 0.3) is 5.91 Å². The smallest absolute Gasteiger partial charge is 0.262 e. The lowest BCUT2D eigenvalue weighted by atomic mass is 10.2. The van der Waals surface area contributed by atoms with E-state index in [1.54, 1.807) is 42.5 Å². The van der Waals surface area contributed by atoms with E-state index in [1.807, 2.05) is 12.1 Å². The number of carbonyl (C=O) groups excluding carboxylic acids is 1. The molecule has 0 atom stereocenters. The van der Waals surface area contributed by atoms with Gasteiger partial charge in [-0.05, 0) is 30.3 Å². The van der Waals surface area contributed by atoms with Crippen molar-refractivity contribution in [2.45, 2.75) is 0 Å². The SMILES string of the molecule is COc1ccccc1NC(=O)COc1cccc(C#N)c1. The van der Waals surface area contributed by atoms with E-state index in [0.717, 1.165) is 0 Å². The molecule has 21 heavy (non-hydrogen) atoms. The van der Waals surface area contributed by atoms with Gasteiger partial charge >= 0.3 is 0 Å². The van der Waals surface area contributed by atoms with Crippen LogP contribution in [0.5, 0.6) is 11.5 Å². The number of benzene rings is 2. The Kier molecular flexibility index (Phi) is 4.78. The lowest BCUT2D eigenvalue weighted by molar-refractivity contribution is -0.118. The van der Waals surface area contributed by atoms with Gasteiger partial charge < -0.3 is 14.8 Å². The van der Waals surface area contributed by atoms with Crippen LogP contribution in [0.2, 0.25) is 0 Å². The number of carbonyl (C=O) groups is 1. The van der Waals surface area contributed by atoms with Crippen molar-refractivity contribution in [1.29, 1.82) is 5.26 Å². The summed E-state index contributed by atoms with van der Waals surface area (Å²) in [5.41, 5.74) is 1.07. The Morgan fingerprint density at radius 2 is 2.05 bits per heavy atom. The van der Waals surface area contributed by atoms with Crippen LogP contribution in [0, 0.1) is 11.3 Å². The molecule has 5 heteroatoms. The van der Waals surface area contributed by atoms with E-state index < -0.39 is 0 Å². The second-order valence-corrected chi connectivity index (χ2v) is 4.18. The Bertz CT molecular complexity index is 677. The average Bonchev–Trinajstić information content (AvgIpc) is 2.53. The third kappa shape index (κ3) is 3.98. The quantitative estimate of drug-likeness (QED) is 0.915. The summed E-state index contributed by atoms with van der Waals surface area (Å²) < 4.78 is 10.5. The summed E-state index contributed by atoms with van der Waals surface area (Å²) in [5.74, 6) is 0.753. The van der Waals surface area contributed by atoms with Gasteiger partial charge in [0.1, 0.15) is 11.5 Å². The molecule has 2 aromatic rings. The number of para-hydroxylation sites is 2. The minimum atomic E-state index is -0.304. The molecular formula is C16H14N2O3. The van der Waals surface area contributed by atoms with Crippen molar-refractivity contribution in [1.82, 2.24) is 0 Å². The van der Waals surface area contributed by atoms with Gasteiger partial charge in [-0.2, -0.15) is 5.26 Å². The summed E-state index contributed by atoms with van der Waals surface area (Å²) in [6.45, 7) is -0.146. The fourth-order valence-electron chi connectivity index (χ4n) is 1.74. The van der Waals surface area contributed by atoms with Crippen LogP contribution >= 0.6 is 0 Å². The second kappa shape index (κ2) is 6.96. The van der Waals surface area contributed by atoms with E-state index in [-0.39, 0.29) is 12.5 Å². The van der Waals surface area contributed by atoms with Crippen LogP contribution in [0.1, 0.15) is 5.56 Å². The molecule has 2 aromatic carbocycles. The highest BCUT2D eigenvalue weighted by molar-refractivity contribution is 5.93. The van der Waals surface area contributed by atoms with Crippen molar-refractivity contribution >= 4 is 11.6 Å². The zero-order chi connectivity index (χ0) is 15.1. The van der Waals surface area contributed by atoms with E-state index in [2.05, 4.69) is 5.32 Å². The van der Waals surface area contributed by atoms with E-state index in [1.165, 1.54) is 7.11 Å². The van der Waals surface area contributed by atoms with Gasteiger partial charge in [-0.3, -0.25) is 4.79 Å². The van der Waals surface area contributed by atoms with Gasteiger partial charge in [0.2, 0.25) is 0 Å². The number of hydrogen-bond acceptors (Lipinski definition) is 4. The molecule has 0 aliphatic carbocycles. The molecule has 0 saturated carbocycles. The Morgan fingerprint density at radius 3 is 2.81 bits per heavy atom. The first kappa shape index (κ1) is 14.4. The van der Waals surface area contributed by atoms with Crippen LogP contribution in [-0.2, 0) is 4.79 Å². The fraction of sp³-hybridized carbons (Fsp3) is 0.125. The summed E-state index contributed by atoms with van der Waals surface area (Å²) in [4.78, 5) is 11.9. The molecule has 0 radical (unpaired) electrons. The summed E-state index contributed by atoms with van der Waals surface area (Å²) in [6, 6.07) is 15.8. The van der Waals surface area contributed by atoms with Crippen LogP contribution in [0.3, 0.4) is 0 Å². The van der Waals surface area contributed by atoms with Gasteiger partial charge in [-0.1, -0.05) is 18.2 Å². The predicted octanol–water partition coefficient (Wildman–Crippen LogP) is 2.58. The normalized spacial score (nSPS) is 9.52. The van der Waals surface area contributed by atoms with Gasteiger partial charge in [0.15, 0.2) is 6.61 Å². The molecule has 5 nitrogen and oxygen atoms in total. The molecule has 1 N–H and O–H groups in total. The third-order valence-corrected chi connectivity index (χ3v) is 2.71. The third-order valence-electron chi connectivity index (χ3n) is 2.71. The minimum absolute atomic E-state index is 0.146. The van der Waals surface area contributed by atoms with Crippen LogP contribution < -0.4 is 14.8 Å². The van der Waals surface area contributed by atoms with E-state index >= 15 is 0 Å². The molecule has 0 aromatic heterocycles. The Morgan fingerprint density at radius 1 is 1.24 bits per heavy atom. The summed E-state index contributed by atoms with van der Waals surface area (Å²) in [7, 11) is 1.54. The average molecular weight is 282 g/mol. The first-order valence-corrected chi connectivity index (χ1v) is 6.29. The largest absolute Gasteiger partial charge is 0.495 e. The van der Waals surface area contributed by atoms with Crippen molar-refractivity contribution in [3.8, 4) is 17.6 Å². The van der Waals surface area contributed by atoms with Crippen LogP contribution in [-0.4, -0.2) is 19.6 Å². The molecule has 2 rings (SSSR count). The predicted molar refractivity (Wildman–Crippen MR) is 78.3 cm³/mol. The lowest BCUT2D eigenvalue weighted by Gasteiger charge is -2.10. The number of rotatable bonds is 5. The summed E-state index contributed by atoms with van der Waals surface area (Å²) in [5, 5.41) is 11.5. The number of nitriles is 1. The zero-order valence-electron chi connectivity index (χ0n) is 11.5. The van der Waals surface area contributed by atoms with E-state index in [9.17, 15) is 4.79 Å². The molecule has 0 fully saturated rings. The lowest BCUT2D eigenvalue weighted by Crippen LogP contribution is -2.20. The first-order valence-electron chi connectivity index (χ1n) is 6.29. The highest BCUT2D eigenvalue weighted by Gasteiger charge is 2.07. The van der Waals surface area contributed by atoms with E-state index in [4.69, 9.17) is 14.7 Å². The second-order valence-electron chi connectivity index (χ2n) is 4.18. The Labute approximate surface area is 122 Å². The highest BCUT2D eigenvalue weighted by atomic mass is 16.5. The number of nitrogens with one attached hydrogen (secondary N) is 1. The topological polar surface area (TPSA) is 71.3 Å². The van der Waals surface area contributed by atoms with Gasteiger partial charge in [0.05, 0.1) is 24.4 Å². The van der Waals surface area contributed by atoms with Crippen molar-refractivity contribution in [2.24, 2.45) is 0 Å². The van der Waals surface area contributed by atoms with Gasteiger partial charge in [-0.25, -0.2) is 0 Å². The number of ether oxygens (including phenoxy) is 2. The molecule has 106 valence electrons. The van der Waals surface area contributed by atoms with Crippen molar-refractivity contribution < 1.29 is 14.3 Å². The number of anilines is 1. The molecule has 0 aliphatic rings.